The zero-order chi connectivity index (χ0) is 8.48. The summed E-state index contributed by atoms with van der Waals surface area (Å²) in [7, 11) is 2.21. The second-order valence-electron chi connectivity index (χ2n) is 4.15. The van der Waals surface area contributed by atoms with Crippen LogP contribution in [0.5, 0.6) is 0 Å². The van der Waals surface area contributed by atoms with Gasteiger partial charge >= 0.3 is 0 Å². The molecule has 1 nitrogen and oxygen atoms in total. The van der Waals surface area contributed by atoms with Gasteiger partial charge in [-0.3, -0.25) is 0 Å². The van der Waals surface area contributed by atoms with E-state index in [-0.39, 0.29) is 4.75 Å². The largest absolute Gasteiger partial charge is 0.302 e. The molecular formula is C9H19NS. The molecule has 1 heterocycles. The maximum absolute atomic E-state index is 4.62. The van der Waals surface area contributed by atoms with Crippen LogP contribution in [0.3, 0.4) is 0 Å². The highest BCUT2D eigenvalue weighted by Gasteiger charge is 2.30. The van der Waals surface area contributed by atoms with Crippen LogP contribution in [0.15, 0.2) is 0 Å². The average molecular weight is 173 g/mol. The molecule has 0 aromatic carbocycles. The number of nitrogens with zero attached hydrogens (tertiary/aromatic N) is 1. The van der Waals surface area contributed by atoms with Gasteiger partial charge < -0.3 is 4.90 Å². The van der Waals surface area contributed by atoms with E-state index in [1.54, 1.807) is 0 Å². The topological polar surface area (TPSA) is 3.24 Å². The molecule has 1 unspecified atom stereocenters. The van der Waals surface area contributed by atoms with Crippen LogP contribution in [-0.4, -0.2) is 29.3 Å². The van der Waals surface area contributed by atoms with Crippen molar-refractivity contribution in [3.8, 4) is 0 Å². The Hall–Kier alpha value is 0.310. The van der Waals surface area contributed by atoms with Crippen molar-refractivity contribution >= 4 is 12.6 Å². The highest BCUT2D eigenvalue weighted by molar-refractivity contribution is 7.81. The van der Waals surface area contributed by atoms with E-state index >= 15 is 0 Å². The quantitative estimate of drug-likeness (QED) is 0.595. The molecule has 1 aliphatic heterocycles. The van der Waals surface area contributed by atoms with Crippen molar-refractivity contribution in [2.45, 2.75) is 43.9 Å². The second kappa shape index (κ2) is 3.36. The van der Waals surface area contributed by atoms with E-state index in [1.807, 2.05) is 0 Å². The van der Waals surface area contributed by atoms with Gasteiger partial charge in [0.1, 0.15) is 0 Å². The zero-order valence-electron chi connectivity index (χ0n) is 7.80. The van der Waals surface area contributed by atoms with Gasteiger partial charge in [-0.15, -0.1) is 0 Å². The van der Waals surface area contributed by atoms with Gasteiger partial charge in [-0.2, -0.15) is 12.6 Å². The molecule has 1 aliphatic rings. The molecule has 11 heavy (non-hydrogen) atoms. The van der Waals surface area contributed by atoms with E-state index in [1.165, 1.54) is 25.8 Å². The molecule has 0 saturated carbocycles. The second-order valence-corrected chi connectivity index (χ2v) is 5.30. The van der Waals surface area contributed by atoms with Crippen LogP contribution in [-0.2, 0) is 0 Å². The molecule has 2 heteroatoms. The van der Waals surface area contributed by atoms with Gasteiger partial charge in [0.05, 0.1) is 0 Å². The standard InChI is InChI=1S/C9H19NS/c1-9(2,11)8-6-4-5-7-10(8)3/h8,11H,4-7H2,1-3H3. The highest BCUT2D eigenvalue weighted by Crippen LogP contribution is 2.28. The summed E-state index contributed by atoms with van der Waals surface area (Å²) in [6, 6.07) is 0.666. The Bertz CT molecular complexity index is 128. The van der Waals surface area contributed by atoms with Crippen LogP contribution < -0.4 is 0 Å². The third kappa shape index (κ3) is 2.38. The van der Waals surface area contributed by atoms with Crippen LogP contribution in [0.2, 0.25) is 0 Å². The van der Waals surface area contributed by atoms with E-state index in [0.29, 0.717) is 6.04 Å². The Morgan fingerprint density at radius 3 is 2.36 bits per heavy atom. The fourth-order valence-electron chi connectivity index (χ4n) is 1.97. The molecule has 0 aromatic rings. The highest BCUT2D eigenvalue weighted by atomic mass is 32.1. The molecule has 66 valence electrons. The van der Waals surface area contributed by atoms with Crippen LogP contribution in [0, 0.1) is 0 Å². The Labute approximate surface area is 75.6 Å². The minimum atomic E-state index is 0.162. The van der Waals surface area contributed by atoms with Crippen LogP contribution >= 0.6 is 12.6 Å². The fraction of sp³-hybridized carbons (Fsp3) is 1.00. The van der Waals surface area contributed by atoms with Crippen molar-refractivity contribution in [1.82, 2.24) is 4.90 Å². The Kier molecular flexibility index (Phi) is 2.87. The van der Waals surface area contributed by atoms with Gasteiger partial charge in [0.2, 0.25) is 0 Å². The van der Waals surface area contributed by atoms with Crippen molar-refractivity contribution in [2.75, 3.05) is 13.6 Å². The van der Waals surface area contributed by atoms with E-state index in [4.69, 9.17) is 0 Å². The molecule has 0 aliphatic carbocycles. The van der Waals surface area contributed by atoms with E-state index < -0.39 is 0 Å². The molecule has 0 aromatic heterocycles. The smallest absolute Gasteiger partial charge is 0.0232 e. The fourth-order valence-corrected chi connectivity index (χ4v) is 2.29. The first-order valence-electron chi connectivity index (χ1n) is 4.44. The summed E-state index contributed by atoms with van der Waals surface area (Å²) < 4.78 is 0.162. The van der Waals surface area contributed by atoms with Gasteiger partial charge in [-0.25, -0.2) is 0 Å². The summed E-state index contributed by atoms with van der Waals surface area (Å²) in [5.41, 5.74) is 0. The number of hydrogen-bond donors (Lipinski definition) is 1. The minimum absolute atomic E-state index is 0.162. The molecule has 0 N–H and O–H groups in total. The summed E-state index contributed by atoms with van der Waals surface area (Å²) in [5.74, 6) is 0. The minimum Gasteiger partial charge on any atom is -0.302 e. The van der Waals surface area contributed by atoms with Gasteiger partial charge in [0.25, 0.3) is 0 Å². The van der Waals surface area contributed by atoms with Crippen molar-refractivity contribution in [2.24, 2.45) is 0 Å². The SMILES string of the molecule is CN1CCCCC1C(C)(C)S. The molecule has 1 saturated heterocycles. The van der Waals surface area contributed by atoms with Gasteiger partial charge in [-0.05, 0) is 40.3 Å². The molecule has 0 bridgehead atoms. The normalized spacial score (nSPS) is 28.9. The Balaban J connectivity index is 2.55. The monoisotopic (exact) mass is 173 g/mol. The van der Waals surface area contributed by atoms with Crippen molar-refractivity contribution < 1.29 is 0 Å². The predicted octanol–water partition coefficient (Wildman–Crippen LogP) is 2.18. The lowest BCUT2D eigenvalue weighted by molar-refractivity contribution is 0.158. The maximum atomic E-state index is 4.62. The van der Waals surface area contributed by atoms with Crippen LogP contribution in [0.4, 0.5) is 0 Å². The van der Waals surface area contributed by atoms with E-state index in [9.17, 15) is 0 Å². The Morgan fingerprint density at radius 2 is 2.00 bits per heavy atom. The first-order valence-corrected chi connectivity index (χ1v) is 4.89. The molecule has 1 atom stereocenters. The Morgan fingerprint density at radius 1 is 1.36 bits per heavy atom. The summed E-state index contributed by atoms with van der Waals surface area (Å²) >= 11 is 4.62. The summed E-state index contributed by atoms with van der Waals surface area (Å²) in [4.78, 5) is 2.44. The van der Waals surface area contributed by atoms with Crippen molar-refractivity contribution in [3.05, 3.63) is 0 Å². The zero-order valence-corrected chi connectivity index (χ0v) is 8.69. The van der Waals surface area contributed by atoms with E-state index in [2.05, 4.69) is 38.4 Å². The molecule has 1 rings (SSSR count). The van der Waals surface area contributed by atoms with Crippen molar-refractivity contribution in [1.29, 1.82) is 0 Å². The third-order valence-corrected chi connectivity index (χ3v) is 2.88. The molecule has 0 spiro atoms. The number of piperidine rings is 1. The molecular weight excluding hydrogens is 154 g/mol. The van der Waals surface area contributed by atoms with Gasteiger partial charge in [0, 0.05) is 10.8 Å². The number of rotatable bonds is 1. The first-order chi connectivity index (χ1) is 5.02. The van der Waals surface area contributed by atoms with Crippen LogP contribution in [0.1, 0.15) is 33.1 Å². The summed E-state index contributed by atoms with van der Waals surface area (Å²) in [6.45, 7) is 5.67. The summed E-state index contributed by atoms with van der Waals surface area (Å²) in [6.07, 6.45) is 4.04. The molecule has 0 radical (unpaired) electrons. The van der Waals surface area contributed by atoms with Crippen molar-refractivity contribution in [3.63, 3.8) is 0 Å². The maximum Gasteiger partial charge on any atom is 0.0232 e. The predicted molar refractivity (Wildman–Crippen MR) is 53.3 cm³/mol. The summed E-state index contributed by atoms with van der Waals surface area (Å²) in [5, 5.41) is 0. The lowest BCUT2D eigenvalue weighted by Crippen LogP contribution is -2.47. The third-order valence-electron chi connectivity index (χ3n) is 2.59. The lowest BCUT2D eigenvalue weighted by atomic mass is 9.92. The molecule has 0 amide bonds. The van der Waals surface area contributed by atoms with E-state index in [0.717, 1.165) is 0 Å². The van der Waals surface area contributed by atoms with Gasteiger partial charge in [0.15, 0.2) is 0 Å². The first kappa shape index (κ1) is 9.40. The van der Waals surface area contributed by atoms with Crippen LogP contribution in [0.25, 0.3) is 0 Å². The number of thiol groups is 1. The lowest BCUT2D eigenvalue weighted by Gasteiger charge is -2.40. The number of hydrogen-bond acceptors (Lipinski definition) is 2. The average Bonchev–Trinajstić information content (AvgIpc) is 1.86. The molecule has 1 fully saturated rings. The number of likely N-dealkylation sites (tertiary alicyclic amines) is 1. The van der Waals surface area contributed by atoms with Gasteiger partial charge in [-0.1, -0.05) is 6.42 Å².